The van der Waals surface area contributed by atoms with Crippen LogP contribution in [0, 0.1) is 5.82 Å². The van der Waals surface area contributed by atoms with Gasteiger partial charge < -0.3 is 20.3 Å². The Labute approximate surface area is 207 Å². The number of carbonyl (C=O) groups is 2. The van der Waals surface area contributed by atoms with Crippen LogP contribution in [-0.2, 0) is 16.0 Å². The van der Waals surface area contributed by atoms with E-state index in [0.717, 1.165) is 12.8 Å². The summed E-state index contributed by atoms with van der Waals surface area (Å²) in [5.41, 5.74) is 0.664. The molecule has 0 aliphatic carbocycles. The number of carbonyl (C=O) groups excluding carboxylic acids is 2. The average Bonchev–Trinajstić information content (AvgIpc) is 3.27. The van der Waals surface area contributed by atoms with Crippen LogP contribution in [0.25, 0.3) is 0 Å². The summed E-state index contributed by atoms with van der Waals surface area (Å²) in [5, 5.41) is 6.14. The van der Waals surface area contributed by atoms with E-state index in [2.05, 4.69) is 17.2 Å². The van der Waals surface area contributed by atoms with Crippen LogP contribution in [-0.4, -0.2) is 47.5 Å². The second-order valence-corrected chi connectivity index (χ2v) is 9.94. The van der Waals surface area contributed by atoms with E-state index in [-0.39, 0.29) is 30.1 Å². The maximum absolute atomic E-state index is 14.4. The highest BCUT2D eigenvalue weighted by Gasteiger charge is 2.31. The fraction of sp³-hybridized carbons (Fsp3) is 0.429. The van der Waals surface area contributed by atoms with E-state index in [0.29, 0.717) is 36.5 Å². The van der Waals surface area contributed by atoms with E-state index >= 15 is 0 Å². The molecule has 3 rings (SSSR count). The summed E-state index contributed by atoms with van der Waals surface area (Å²) >= 11 is 0. The van der Waals surface area contributed by atoms with Crippen LogP contribution in [0.3, 0.4) is 0 Å². The van der Waals surface area contributed by atoms with E-state index in [1.54, 1.807) is 30.3 Å². The lowest BCUT2D eigenvalue weighted by molar-refractivity contribution is -0.132. The number of ether oxygens (including phenoxy) is 1. The normalized spacial score (nSPS) is 16.5. The van der Waals surface area contributed by atoms with Crippen molar-refractivity contribution in [1.82, 2.24) is 15.5 Å². The van der Waals surface area contributed by atoms with Crippen molar-refractivity contribution in [3.63, 3.8) is 0 Å². The minimum atomic E-state index is -0.451. The third-order valence-corrected chi connectivity index (χ3v) is 5.87. The number of nitrogens with zero attached hydrogens (tertiary/aromatic N) is 1. The predicted molar refractivity (Wildman–Crippen MR) is 135 cm³/mol. The first-order valence-electron chi connectivity index (χ1n) is 12.1. The molecule has 2 aromatic rings. The molecule has 6 nitrogen and oxygen atoms in total. The van der Waals surface area contributed by atoms with Gasteiger partial charge in [-0.2, -0.15) is 0 Å². The lowest BCUT2D eigenvalue weighted by atomic mass is 10.0. The van der Waals surface area contributed by atoms with E-state index in [4.69, 9.17) is 4.74 Å². The van der Waals surface area contributed by atoms with Gasteiger partial charge in [0.2, 0.25) is 5.91 Å². The Kier molecular flexibility index (Phi) is 8.90. The van der Waals surface area contributed by atoms with Gasteiger partial charge in [0, 0.05) is 37.2 Å². The molecule has 0 radical (unpaired) electrons. The maximum Gasteiger partial charge on any atom is 0.251 e. The second-order valence-electron chi connectivity index (χ2n) is 9.94. The van der Waals surface area contributed by atoms with Crippen LogP contribution in [0.5, 0.6) is 0 Å². The van der Waals surface area contributed by atoms with Crippen molar-refractivity contribution < 1.29 is 18.7 Å². The predicted octanol–water partition coefficient (Wildman–Crippen LogP) is 4.42. The maximum atomic E-state index is 14.4. The first kappa shape index (κ1) is 26.3. The molecule has 7 heteroatoms. The Morgan fingerprint density at radius 3 is 2.51 bits per heavy atom. The third kappa shape index (κ3) is 8.12. The lowest BCUT2D eigenvalue weighted by Gasteiger charge is -2.30. The largest absolute Gasteiger partial charge is 0.474 e. The zero-order chi connectivity index (χ0) is 25.4. The molecule has 2 amide bonds. The fourth-order valence-electron chi connectivity index (χ4n) is 4.34. The standard InChI is InChI=1S/C28H36FN3O3/c1-20(35-28(2,3)4)31-23(17-22-13-8-9-15-25(22)29)18-26(33)32-16-10-14-24(32)19-30-27(34)21-11-6-5-7-12-21/h5-9,11-13,15,23-24,31H,1,10,14,16-19H2,2-4H3,(H,30,34)/t23-,24+/m1/s1. The first-order valence-corrected chi connectivity index (χ1v) is 12.1. The topological polar surface area (TPSA) is 70.7 Å². The second kappa shape index (κ2) is 11.9. The van der Waals surface area contributed by atoms with Gasteiger partial charge in [0.25, 0.3) is 5.91 Å². The number of hydrogen-bond donors (Lipinski definition) is 2. The molecule has 1 saturated heterocycles. The molecule has 0 unspecified atom stereocenters. The summed E-state index contributed by atoms with van der Waals surface area (Å²) < 4.78 is 20.2. The van der Waals surface area contributed by atoms with Gasteiger partial charge in [-0.1, -0.05) is 36.4 Å². The van der Waals surface area contributed by atoms with Gasteiger partial charge in [-0.25, -0.2) is 4.39 Å². The van der Waals surface area contributed by atoms with Crippen LogP contribution < -0.4 is 10.6 Å². The summed E-state index contributed by atoms with van der Waals surface area (Å²) in [5.74, 6) is -0.157. The molecule has 1 aliphatic rings. The van der Waals surface area contributed by atoms with Crippen LogP contribution in [0.1, 0.15) is 56.0 Å². The quantitative estimate of drug-likeness (QED) is 0.493. The molecule has 2 atom stereocenters. The first-order chi connectivity index (χ1) is 16.6. The zero-order valence-electron chi connectivity index (χ0n) is 20.9. The van der Waals surface area contributed by atoms with Gasteiger partial charge in [0.1, 0.15) is 11.4 Å². The Balaban J connectivity index is 1.64. The van der Waals surface area contributed by atoms with Crippen LogP contribution in [0.4, 0.5) is 4.39 Å². The van der Waals surface area contributed by atoms with Gasteiger partial charge in [0.15, 0.2) is 5.88 Å². The Bertz CT molecular complexity index is 1020. The minimum Gasteiger partial charge on any atom is -0.474 e. The minimum absolute atomic E-state index is 0.0427. The Morgan fingerprint density at radius 1 is 1.14 bits per heavy atom. The lowest BCUT2D eigenvalue weighted by Crippen LogP contribution is -2.46. The van der Waals surface area contributed by atoms with Crippen molar-refractivity contribution in [3.05, 3.63) is 84.0 Å². The van der Waals surface area contributed by atoms with Crippen molar-refractivity contribution >= 4 is 11.8 Å². The highest BCUT2D eigenvalue weighted by atomic mass is 19.1. The van der Waals surface area contributed by atoms with E-state index in [1.165, 1.54) is 6.07 Å². The molecule has 1 aliphatic heterocycles. The van der Waals surface area contributed by atoms with Crippen molar-refractivity contribution in [2.24, 2.45) is 0 Å². The Hall–Kier alpha value is -3.35. The summed E-state index contributed by atoms with van der Waals surface area (Å²) in [6.07, 6.45) is 2.17. The highest BCUT2D eigenvalue weighted by Crippen LogP contribution is 2.21. The van der Waals surface area contributed by atoms with Gasteiger partial charge in [-0.05, 0) is 70.4 Å². The van der Waals surface area contributed by atoms with Gasteiger partial charge in [-0.15, -0.1) is 0 Å². The van der Waals surface area contributed by atoms with E-state index < -0.39 is 11.6 Å². The molecular formula is C28H36FN3O3. The SMILES string of the molecule is C=C(N[C@@H](CC(=O)N1CCC[C@H]1CNC(=O)c1ccccc1)Cc1ccccc1F)OC(C)(C)C. The van der Waals surface area contributed by atoms with E-state index in [1.807, 2.05) is 43.9 Å². The van der Waals surface area contributed by atoms with E-state index in [9.17, 15) is 14.0 Å². The zero-order valence-corrected chi connectivity index (χ0v) is 20.9. The number of benzene rings is 2. The summed E-state index contributed by atoms with van der Waals surface area (Å²) in [7, 11) is 0. The molecule has 1 heterocycles. The number of rotatable bonds is 10. The van der Waals surface area contributed by atoms with Crippen molar-refractivity contribution in [1.29, 1.82) is 0 Å². The molecule has 1 fully saturated rings. The van der Waals surface area contributed by atoms with Crippen molar-refractivity contribution in [2.45, 2.75) is 64.1 Å². The third-order valence-electron chi connectivity index (χ3n) is 5.87. The molecule has 2 N–H and O–H groups in total. The molecule has 35 heavy (non-hydrogen) atoms. The van der Waals surface area contributed by atoms with Crippen LogP contribution in [0.2, 0.25) is 0 Å². The van der Waals surface area contributed by atoms with Gasteiger partial charge >= 0.3 is 0 Å². The smallest absolute Gasteiger partial charge is 0.251 e. The average molecular weight is 482 g/mol. The number of amides is 2. The van der Waals surface area contributed by atoms with Gasteiger partial charge in [-0.3, -0.25) is 9.59 Å². The molecule has 0 bridgehead atoms. The van der Waals surface area contributed by atoms with Gasteiger partial charge in [0.05, 0.1) is 0 Å². The van der Waals surface area contributed by atoms with Crippen LogP contribution >= 0.6 is 0 Å². The molecule has 0 spiro atoms. The number of halogens is 1. The molecule has 2 aromatic carbocycles. The number of likely N-dealkylation sites (tertiary alicyclic amines) is 1. The van der Waals surface area contributed by atoms with Crippen molar-refractivity contribution in [3.8, 4) is 0 Å². The summed E-state index contributed by atoms with van der Waals surface area (Å²) in [4.78, 5) is 27.6. The summed E-state index contributed by atoms with van der Waals surface area (Å²) in [6, 6.07) is 15.1. The molecule has 0 saturated carbocycles. The molecule has 188 valence electrons. The number of hydrogen-bond acceptors (Lipinski definition) is 4. The molecule has 0 aromatic heterocycles. The number of nitrogens with one attached hydrogen (secondary N) is 2. The highest BCUT2D eigenvalue weighted by molar-refractivity contribution is 5.94. The molecular weight excluding hydrogens is 445 g/mol. The monoisotopic (exact) mass is 481 g/mol. The van der Waals surface area contributed by atoms with Crippen molar-refractivity contribution in [2.75, 3.05) is 13.1 Å². The van der Waals surface area contributed by atoms with Crippen LogP contribution in [0.15, 0.2) is 67.1 Å². The Morgan fingerprint density at radius 2 is 1.83 bits per heavy atom. The fourth-order valence-corrected chi connectivity index (χ4v) is 4.34. The summed E-state index contributed by atoms with van der Waals surface area (Å²) in [6.45, 7) is 10.7.